The molecule has 2 rings (SSSR count). The Hall–Kier alpha value is -0.340. The second-order valence-electron chi connectivity index (χ2n) is 4.74. The largest absolute Gasteiger partial charge is 0.387 e. The summed E-state index contributed by atoms with van der Waals surface area (Å²) in [5.41, 5.74) is 0.177. The molecule has 2 N–H and O–H groups in total. The van der Waals surface area contributed by atoms with E-state index in [1.807, 2.05) is 6.08 Å². The minimum Gasteiger partial charge on any atom is -0.387 e. The Morgan fingerprint density at radius 2 is 2.17 bits per heavy atom. The van der Waals surface area contributed by atoms with Crippen molar-refractivity contribution in [3.63, 3.8) is 0 Å². The van der Waals surface area contributed by atoms with Crippen LogP contribution in [0.25, 0.3) is 0 Å². The van der Waals surface area contributed by atoms with Gasteiger partial charge in [0.2, 0.25) is 0 Å². The fourth-order valence-electron chi connectivity index (χ4n) is 2.42. The lowest BCUT2D eigenvalue weighted by atomic mass is 9.92. The van der Waals surface area contributed by atoms with Crippen molar-refractivity contribution in [3.05, 3.63) is 12.2 Å². The lowest BCUT2D eigenvalue weighted by molar-refractivity contribution is 0.115. The van der Waals surface area contributed by atoms with E-state index in [1.54, 1.807) is 0 Å². The first-order valence-electron chi connectivity index (χ1n) is 4.68. The van der Waals surface area contributed by atoms with Gasteiger partial charge in [-0.25, -0.2) is 0 Å². The molecule has 2 aliphatic rings. The van der Waals surface area contributed by atoms with Crippen molar-refractivity contribution in [1.82, 2.24) is 5.32 Å². The van der Waals surface area contributed by atoms with E-state index >= 15 is 0 Å². The summed E-state index contributed by atoms with van der Waals surface area (Å²) in [6.07, 6.45) is 6.95. The molecular formula is C10H17NO. The van der Waals surface area contributed by atoms with Gasteiger partial charge in [-0.3, -0.25) is 0 Å². The van der Waals surface area contributed by atoms with Crippen molar-refractivity contribution in [2.45, 2.75) is 50.3 Å². The Morgan fingerprint density at radius 3 is 2.58 bits per heavy atom. The Balaban J connectivity index is 2.16. The summed E-state index contributed by atoms with van der Waals surface area (Å²) < 4.78 is 0. The van der Waals surface area contributed by atoms with Gasteiger partial charge in [0.25, 0.3) is 0 Å². The first-order valence-corrected chi connectivity index (χ1v) is 4.68. The van der Waals surface area contributed by atoms with Crippen LogP contribution in [0, 0.1) is 0 Å². The van der Waals surface area contributed by atoms with Crippen LogP contribution in [0.5, 0.6) is 0 Å². The molecule has 0 amide bonds. The SMILES string of the molecule is CC1(C)CC[C@]2(CC=C[C@@H]2O)N1. The van der Waals surface area contributed by atoms with Gasteiger partial charge in [0.05, 0.1) is 11.6 Å². The minimum atomic E-state index is -0.278. The van der Waals surface area contributed by atoms with E-state index in [4.69, 9.17) is 0 Å². The van der Waals surface area contributed by atoms with Crippen molar-refractivity contribution in [2.75, 3.05) is 0 Å². The molecule has 2 nitrogen and oxygen atoms in total. The number of aliphatic hydroxyl groups excluding tert-OH is 1. The van der Waals surface area contributed by atoms with Gasteiger partial charge >= 0.3 is 0 Å². The smallest absolute Gasteiger partial charge is 0.0905 e. The lowest BCUT2D eigenvalue weighted by Gasteiger charge is -2.31. The highest BCUT2D eigenvalue weighted by Crippen LogP contribution is 2.38. The van der Waals surface area contributed by atoms with Gasteiger partial charge in [-0.05, 0) is 33.1 Å². The Labute approximate surface area is 73.7 Å². The van der Waals surface area contributed by atoms with Crippen LogP contribution in [0.15, 0.2) is 12.2 Å². The first-order chi connectivity index (χ1) is 5.54. The summed E-state index contributed by atoms with van der Waals surface area (Å²) in [4.78, 5) is 0. The standard InChI is InChI=1S/C10H17NO/c1-9(2)6-7-10(11-9)5-3-4-8(10)12/h3-4,8,11-12H,5-7H2,1-2H3/t8-,10-/m0/s1. The zero-order chi connectivity index (χ0) is 8.82. The number of aliphatic hydroxyl groups is 1. The van der Waals surface area contributed by atoms with Crippen LogP contribution in [0.2, 0.25) is 0 Å². The van der Waals surface area contributed by atoms with Crippen LogP contribution in [0.4, 0.5) is 0 Å². The summed E-state index contributed by atoms with van der Waals surface area (Å²) in [6, 6.07) is 0. The maximum Gasteiger partial charge on any atom is 0.0905 e. The predicted molar refractivity (Wildman–Crippen MR) is 48.9 cm³/mol. The van der Waals surface area contributed by atoms with Gasteiger partial charge in [-0.2, -0.15) is 0 Å². The van der Waals surface area contributed by atoms with Gasteiger partial charge < -0.3 is 10.4 Å². The van der Waals surface area contributed by atoms with E-state index < -0.39 is 0 Å². The van der Waals surface area contributed by atoms with Gasteiger partial charge in [0.15, 0.2) is 0 Å². The average molecular weight is 167 g/mol. The van der Waals surface area contributed by atoms with Gasteiger partial charge in [-0.1, -0.05) is 12.2 Å². The molecule has 0 aromatic rings. The molecule has 0 bridgehead atoms. The van der Waals surface area contributed by atoms with Crippen molar-refractivity contribution < 1.29 is 5.11 Å². The van der Waals surface area contributed by atoms with Crippen molar-refractivity contribution in [3.8, 4) is 0 Å². The highest BCUT2D eigenvalue weighted by molar-refractivity contribution is 5.19. The molecule has 0 aromatic carbocycles. The molecule has 0 saturated carbocycles. The summed E-state index contributed by atoms with van der Waals surface area (Å²) in [7, 11) is 0. The molecule has 0 aromatic heterocycles. The van der Waals surface area contributed by atoms with Gasteiger partial charge in [-0.15, -0.1) is 0 Å². The van der Waals surface area contributed by atoms with E-state index in [2.05, 4.69) is 25.2 Å². The molecule has 1 saturated heterocycles. The first kappa shape index (κ1) is 8.27. The van der Waals surface area contributed by atoms with Gasteiger partial charge in [0.1, 0.15) is 0 Å². The normalized spacial score (nSPS) is 44.4. The fraction of sp³-hybridized carbons (Fsp3) is 0.800. The molecule has 1 spiro atoms. The Kier molecular flexibility index (Phi) is 1.61. The van der Waals surface area contributed by atoms with E-state index in [0.29, 0.717) is 0 Å². The molecular weight excluding hydrogens is 150 g/mol. The Morgan fingerprint density at radius 1 is 1.42 bits per heavy atom. The van der Waals surface area contributed by atoms with Crippen LogP contribution in [0.3, 0.4) is 0 Å². The topological polar surface area (TPSA) is 32.3 Å². The second kappa shape index (κ2) is 2.33. The third-order valence-electron chi connectivity index (χ3n) is 3.15. The zero-order valence-corrected chi connectivity index (χ0v) is 7.80. The monoisotopic (exact) mass is 167 g/mol. The van der Waals surface area contributed by atoms with Crippen molar-refractivity contribution in [1.29, 1.82) is 0 Å². The van der Waals surface area contributed by atoms with Crippen LogP contribution >= 0.6 is 0 Å². The minimum absolute atomic E-state index is 0.0243. The molecule has 12 heavy (non-hydrogen) atoms. The number of hydrogen-bond acceptors (Lipinski definition) is 2. The highest BCUT2D eigenvalue weighted by Gasteiger charge is 2.47. The third kappa shape index (κ3) is 1.10. The molecule has 1 heterocycles. The lowest BCUT2D eigenvalue weighted by Crippen LogP contribution is -2.52. The molecule has 68 valence electrons. The maximum absolute atomic E-state index is 9.76. The molecule has 2 atom stereocenters. The van der Waals surface area contributed by atoms with Crippen LogP contribution < -0.4 is 5.32 Å². The molecule has 0 unspecified atom stereocenters. The molecule has 1 aliphatic carbocycles. The maximum atomic E-state index is 9.76. The van der Waals surface area contributed by atoms with E-state index in [0.717, 1.165) is 19.3 Å². The second-order valence-corrected chi connectivity index (χ2v) is 4.74. The van der Waals surface area contributed by atoms with Crippen molar-refractivity contribution >= 4 is 0 Å². The number of rotatable bonds is 0. The van der Waals surface area contributed by atoms with Crippen LogP contribution in [-0.2, 0) is 0 Å². The molecule has 2 heteroatoms. The summed E-state index contributed by atoms with van der Waals surface area (Å²) >= 11 is 0. The molecule has 0 radical (unpaired) electrons. The van der Waals surface area contributed by atoms with Crippen molar-refractivity contribution in [2.24, 2.45) is 0 Å². The fourth-order valence-corrected chi connectivity index (χ4v) is 2.42. The van der Waals surface area contributed by atoms with E-state index in [-0.39, 0.29) is 17.2 Å². The van der Waals surface area contributed by atoms with Crippen LogP contribution in [-0.4, -0.2) is 22.3 Å². The molecule has 1 aliphatic heterocycles. The highest BCUT2D eigenvalue weighted by atomic mass is 16.3. The number of hydrogen-bond donors (Lipinski definition) is 2. The van der Waals surface area contributed by atoms with E-state index in [1.165, 1.54) is 0 Å². The average Bonchev–Trinajstić information content (AvgIpc) is 2.43. The number of nitrogens with one attached hydrogen (secondary N) is 1. The quantitative estimate of drug-likeness (QED) is 0.531. The third-order valence-corrected chi connectivity index (χ3v) is 3.15. The summed E-state index contributed by atoms with van der Waals surface area (Å²) in [5, 5.41) is 13.3. The molecule has 1 fully saturated rings. The predicted octanol–water partition coefficient (Wildman–Crippen LogP) is 1.21. The summed E-state index contributed by atoms with van der Waals surface area (Å²) in [5.74, 6) is 0. The van der Waals surface area contributed by atoms with Crippen LogP contribution in [0.1, 0.15) is 33.1 Å². The Bertz CT molecular complexity index is 222. The van der Waals surface area contributed by atoms with E-state index in [9.17, 15) is 5.11 Å². The van der Waals surface area contributed by atoms with Gasteiger partial charge in [0, 0.05) is 5.54 Å². The zero-order valence-electron chi connectivity index (χ0n) is 7.80. The summed E-state index contributed by atoms with van der Waals surface area (Å²) in [6.45, 7) is 4.40.